The quantitative estimate of drug-likeness (QED) is 0.813. The highest BCUT2D eigenvalue weighted by Crippen LogP contribution is 2.34. The predicted molar refractivity (Wildman–Crippen MR) is 87.0 cm³/mol. The van der Waals surface area contributed by atoms with Gasteiger partial charge in [-0.3, -0.25) is 9.67 Å². The van der Waals surface area contributed by atoms with Gasteiger partial charge in [0.25, 0.3) is 0 Å². The van der Waals surface area contributed by atoms with Gasteiger partial charge in [0.05, 0.1) is 15.6 Å². The molecule has 0 aliphatic carbocycles. The summed E-state index contributed by atoms with van der Waals surface area (Å²) in [5.41, 5.74) is 1.15. The van der Waals surface area contributed by atoms with Crippen molar-refractivity contribution in [1.82, 2.24) is 19.7 Å². The molecule has 2 aromatic rings. The van der Waals surface area contributed by atoms with Gasteiger partial charge in [0.2, 0.25) is 0 Å². The van der Waals surface area contributed by atoms with Crippen molar-refractivity contribution in [3.63, 3.8) is 0 Å². The summed E-state index contributed by atoms with van der Waals surface area (Å²) in [7, 11) is 0. The molecular weight excluding hydrogens is 288 g/mol. The molecule has 4 nitrogen and oxygen atoms in total. The van der Waals surface area contributed by atoms with Gasteiger partial charge in [-0.1, -0.05) is 27.2 Å². The van der Waals surface area contributed by atoms with Crippen molar-refractivity contribution in [2.45, 2.75) is 59.4 Å². The van der Waals surface area contributed by atoms with E-state index in [9.17, 15) is 0 Å². The Morgan fingerprint density at radius 1 is 1.30 bits per heavy atom. The third-order valence-corrected chi connectivity index (χ3v) is 4.80. The average molecular weight is 310 g/mol. The second-order valence-electron chi connectivity index (χ2n) is 5.55. The van der Waals surface area contributed by atoms with Crippen molar-refractivity contribution in [1.29, 1.82) is 0 Å². The lowest BCUT2D eigenvalue weighted by molar-refractivity contribution is 0.597. The number of thiazole rings is 1. The highest BCUT2D eigenvalue weighted by Gasteiger charge is 2.20. The molecular formula is C14H22N4S2. The van der Waals surface area contributed by atoms with E-state index in [1.54, 1.807) is 11.3 Å². The van der Waals surface area contributed by atoms with Gasteiger partial charge < -0.3 is 0 Å². The molecule has 0 aliphatic heterocycles. The van der Waals surface area contributed by atoms with Gasteiger partial charge in [0.15, 0.2) is 10.6 Å². The summed E-state index contributed by atoms with van der Waals surface area (Å²) in [6, 6.07) is 0.287. The Kier molecular flexibility index (Phi) is 4.75. The number of hydrogen-bond donors (Lipinski definition) is 1. The molecule has 2 aromatic heterocycles. The number of aryl methyl sites for hydroxylation is 1. The molecule has 20 heavy (non-hydrogen) atoms. The minimum atomic E-state index is 0.287. The number of hydrogen-bond acceptors (Lipinski definition) is 4. The van der Waals surface area contributed by atoms with E-state index in [4.69, 9.17) is 17.2 Å². The van der Waals surface area contributed by atoms with Crippen LogP contribution in [0.3, 0.4) is 0 Å². The summed E-state index contributed by atoms with van der Waals surface area (Å²) in [5.74, 6) is 1.37. The Morgan fingerprint density at radius 3 is 2.55 bits per heavy atom. The molecule has 0 spiro atoms. The lowest BCUT2D eigenvalue weighted by Crippen LogP contribution is -2.03. The lowest BCUT2D eigenvalue weighted by Gasteiger charge is -2.09. The number of nitrogens with one attached hydrogen (secondary N) is 1. The lowest BCUT2D eigenvalue weighted by atomic mass is 10.2. The third kappa shape index (κ3) is 2.86. The average Bonchev–Trinajstić information content (AvgIpc) is 2.93. The number of nitrogens with zero attached hydrogens (tertiary/aromatic N) is 3. The van der Waals surface area contributed by atoms with E-state index in [1.807, 2.05) is 0 Å². The molecule has 2 rings (SSSR count). The van der Waals surface area contributed by atoms with Crippen LogP contribution in [-0.2, 0) is 6.42 Å². The summed E-state index contributed by atoms with van der Waals surface area (Å²) < 4.78 is 2.75. The van der Waals surface area contributed by atoms with E-state index in [0.29, 0.717) is 10.7 Å². The molecule has 6 heteroatoms. The molecule has 0 amide bonds. The second-order valence-corrected chi connectivity index (χ2v) is 6.97. The Morgan fingerprint density at radius 2 is 2.00 bits per heavy atom. The molecule has 110 valence electrons. The Bertz CT molecular complexity index is 634. The summed E-state index contributed by atoms with van der Waals surface area (Å²) >= 11 is 7.09. The van der Waals surface area contributed by atoms with Crippen LogP contribution in [0.1, 0.15) is 63.7 Å². The molecule has 0 atom stereocenters. The molecule has 0 saturated carbocycles. The highest BCUT2D eigenvalue weighted by atomic mass is 32.1. The van der Waals surface area contributed by atoms with E-state index in [2.05, 4.69) is 49.4 Å². The van der Waals surface area contributed by atoms with Gasteiger partial charge in [-0.05, 0) is 32.5 Å². The summed E-state index contributed by atoms with van der Waals surface area (Å²) in [4.78, 5) is 5.97. The van der Waals surface area contributed by atoms with Crippen LogP contribution >= 0.6 is 23.6 Å². The largest absolute Gasteiger partial charge is 0.297 e. The maximum absolute atomic E-state index is 5.34. The van der Waals surface area contributed by atoms with Crippen molar-refractivity contribution in [3.8, 4) is 10.7 Å². The van der Waals surface area contributed by atoms with Crippen LogP contribution < -0.4 is 0 Å². The fourth-order valence-corrected chi connectivity index (χ4v) is 3.59. The molecule has 0 saturated heterocycles. The zero-order valence-corrected chi connectivity index (χ0v) is 14.4. The van der Waals surface area contributed by atoms with Gasteiger partial charge in [0, 0.05) is 12.0 Å². The van der Waals surface area contributed by atoms with Crippen LogP contribution in [0.2, 0.25) is 0 Å². The zero-order valence-electron chi connectivity index (χ0n) is 12.7. The number of aromatic amines is 1. The Labute approximate surface area is 129 Å². The Hall–Kier alpha value is -1.01. The van der Waals surface area contributed by atoms with Crippen LogP contribution in [0, 0.1) is 4.77 Å². The van der Waals surface area contributed by atoms with E-state index in [0.717, 1.165) is 29.2 Å². The van der Waals surface area contributed by atoms with Crippen molar-refractivity contribution in [2.75, 3.05) is 0 Å². The predicted octanol–water partition coefficient (Wildman–Crippen LogP) is 4.72. The smallest absolute Gasteiger partial charge is 0.195 e. The van der Waals surface area contributed by atoms with Gasteiger partial charge >= 0.3 is 0 Å². The van der Waals surface area contributed by atoms with E-state index in [1.165, 1.54) is 5.01 Å². The van der Waals surface area contributed by atoms with Crippen LogP contribution in [-0.4, -0.2) is 19.7 Å². The SMILES string of the molecule is CCCc1nc(C(C)C)sc1-c1n[nH]c(=S)n1C(C)C. The van der Waals surface area contributed by atoms with Gasteiger partial charge in [0.1, 0.15) is 0 Å². The van der Waals surface area contributed by atoms with Crippen LogP contribution in [0.4, 0.5) is 0 Å². The first-order valence-corrected chi connectivity index (χ1v) is 8.35. The molecule has 0 aromatic carbocycles. The van der Waals surface area contributed by atoms with Crippen molar-refractivity contribution < 1.29 is 0 Å². The fraction of sp³-hybridized carbons (Fsp3) is 0.643. The molecule has 0 radical (unpaired) electrons. The highest BCUT2D eigenvalue weighted by molar-refractivity contribution is 7.71. The summed E-state index contributed by atoms with van der Waals surface area (Å²) in [6.07, 6.45) is 2.07. The first-order valence-electron chi connectivity index (χ1n) is 7.12. The summed E-state index contributed by atoms with van der Waals surface area (Å²) in [6.45, 7) is 10.8. The molecule has 1 N–H and O–H groups in total. The van der Waals surface area contributed by atoms with Gasteiger partial charge in [-0.2, -0.15) is 5.10 Å². The molecule has 0 unspecified atom stereocenters. The minimum Gasteiger partial charge on any atom is -0.297 e. The fourth-order valence-electron chi connectivity index (χ4n) is 2.14. The van der Waals surface area contributed by atoms with Crippen molar-refractivity contribution in [3.05, 3.63) is 15.5 Å². The second kappa shape index (κ2) is 6.18. The van der Waals surface area contributed by atoms with Crippen LogP contribution in [0.5, 0.6) is 0 Å². The maximum Gasteiger partial charge on any atom is 0.195 e. The van der Waals surface area contributed by atoms with Crippen LogP contribution in [0.15, 0.2) is 0 Å². The molecule has 0 aliphatic rings. The summed E-state index contributed by atoms with van der Waals surface area (Å²) in [5, 5.41) is 8.53. The normalized spacial score (nSPS) is 11.8. The van der Waals surface area contributed by atoms with E-state index >= 15 is 0 Å². The van der Waals surface area contributed by atoms with Crippen LogP contribution in [0.25, 0.3) is 10.7 Å². The standard InChI is InChI=1S/C14H22N4S2/c1-6-7-10-11(20-13(15-10)8(2)3)12-16-17-14(19)18(12)9(4)5/h8-9H,6-7H2,1-5H3,(H,17,19). The minimum absolute atomic E-state index is 0.287. The molecule has 2 heterocycles. The van der Waals surface area contributed by atoms with Crippen molar-refractivity contribution in [2.24, 2.45) is 0 Å². The van der Waals surface area contributed by atoms with E-state index < -0.39 is 0 Å². The molecule has 0 fully saturated rings. The van der Waals surface area contributed by atoms with Crippen molar-refractivity contribution >= 4 is 23.6 Å². The zero-order chi connectivity index (χ0) is 14.9. The maximum atomic E-state index is 5.34. The Balaban J connectivity index is 2.59. The first kappa shape index (κ1) is 15.4. The number of rotatable bonds is 5. The molecule has 0 bridgehead atoms. The van der Waals surface area contributed by atoms with Gasteiger partial charge in [-0.15, -0.1) is 11.3 Å². The van der Waals surface area contributed by atoms with E-state index in [-0.39, 0.29) is 6.04 Å². The number of aromatic nitrogens is 4. The third-order valence-electron chi connectivity index (χ3n) is 3.12. The monoisotopic (exact) mass is 310 g/mol. The van der Waals surface area contributed by atoms with Gasteiger partial charge in [-0.25, -0.2) is 4.98 Å². The first-order chi connectivity index (χ1) is 9.45. The number of H-pyrrole nitrogens is 1. The topological polar surface area (TPSA) is 46.5 Å².